The monoisotopic (exact) mass is 575 g/mol. The van der Waals surface area contributed by atoms with Gasteiger partial charge in [-0.05, 0) is 66.6 Å². The molecule has 0 bridgehead atoms. The summed E-state index contributed by atoms with van der Waals surface area (Å²) in [7, 11) is 0. The standard InChI is InChI=1S/C17H26IN3O3.HI/c1-2-19-17(21-11-16-4-3-9-23-16)20-10-14(22)12-24-15-7-5-13(18)6-8-15;/h5-8,14,16,22H,2-4,9-12H2,1H3,(H2,19,20,21);1H. The van der Waals surface area contributed by atoms with Gasteiger partial charge in [-0.3, -0.25) is 4.99 Å². The van der Waals surface area contributed by atoms with Gasteiger partial charge in [0, 0.05) is 23.3 Å². The number of aliphatic hydroxyl groups excluding tert-OH is 1. The second kappa shape index (κ2) is 12.9. The van der Waals surface area contributed by atoms with Crippen LogP contribution >= 0.6 is 46.6 Å². The van der Waals surface area contributed by atoms with Crippen LogP contribution in [0, 0.1) is 3.57 Å². The molecule has 8 heteroatoms. The van der Waals surface area contributed by atoms with Crippen LogP contribution < -0.4 is 15.4 Å². The highest BCUT2D eigenvalue weighted by atomic mass is 127. The average molecular weight is 575 g/mol. The maximum absolute atomic E-state index is 10.0. The van der Waals surface area contributed by atoms with Gasteiger partial charge in [0.15, 0.2) is 5.96 Å². The van der Waals surface area contributed by atoms with Crippen molar-refractivity contribution in [3.05, 3.63) is 27.8 Å². The molecule has 1 fully saturated rings. The van der Waals surface area contributed by atoms with Crippen molar-refractivity contribution in [1.29, 1.82) is 0 Å². The number of halogens is 2. The van der Waals surface area contributed by atoms with Crippen molar-refractivity contribution < 1.29 is 14.6 Å². The van der Waals surface area contributed by atoms with Gasteiger partial charge in [0.25, 0.3) is 0 Å². The number of ether oxygens (including phenoxy) is 2. The summed E-state index contributed by atoms with van der Waals surface area (Å²) >= 11 is 2.24. The van der Waals surface area contributed by atoms with E-state index in [0.717, 1.165) is 41.9 Å². The molecule has 0 spiro atoms. The summed E-state index contributed by atoms with van der Waals surface area (Å²) in [6.45, 7) is 4.86. The molecule has 0 aromatic heterocycles. The quantitative estimate of drug-likeness (QED) is 0.253. The fourth-order valence-electron chi connectivity index (χ4n) is 2.33. The summed E-state index contributed by atoms with van der Waals surface area (Å²) < 4.78 is 12.3. The normalized spacial score (nSPS) is 18.4. The minimum absolute atomic E-state index is 0. The van der Waals surface area contributed by atoms with E-state index in [-0.39, 0.29) is 43.2 Å². The number of hydrogen-bond donors (Lipinski definition) is 3. The summed E-state index contributed by atoms with van der Waals surface area (Å²) in [6.07, 6.45) is 1.80. The van der Waals surface area contributed by atoms with Crippen LogP contribution in [-0.4, -0.2) is 56.1 Å². The summed E-state index contributed by atoms with van der Waals surface area (Å²) in [6, 6.07) is 7.73. The molecule has 1 saturated heterocycles. The predicted octanol–water partition coefficient (Wildman–Crippen LogP) is 2.38. The summed E-state index contributed by atoms with van der Waals surface area (Å²) in [5.41, 5.74) is 0. The number of aliphatic imine (C=N–C) groups is 1. The summed E-state index contributed by atoms with van der Waals surface area (Å²) in [5, 5.41) is 16.5. The molecule has 2 atom stereocenters. The molecule has 2 rings (SSSR count). The highest BCUT2D eigenvalue weighted by Crippen LogP contribution is 2.13. The van der Waals surface area contributed by atoms with Crippen molar-refractivity contribution in [1.82, 2.24) is 10.6 Å². The lowest BCUT2D eigenvalue weighted by Gasteiger charge is -2.16. The van der Waals surface area contributed by atoms with Crippen molar-refractivity contribution in [2.45, 2.75) is 32.0 Å². The lowest BCUT2D eigenvalue weighted by molar-refractivity contribution is 0.112. The van der Waals surface area contributed by atoms with Crippen molar-refractivity contribution in [2.24, 2.45) is 4.99 Å². The van der Waals surface area contributed by atoms with Crippen LogP contribution in [0.5, 0.6) is 5.75 Å². The zero-order valence-corrected chi connectivity index (χ0v) is 18.9. The molecule has 0 amide bonds. The Kier molecular flexibility index (Phi) is 11.7. The van der Waals surface area contributed by atoms with Crippen molar-refractivity contribution >= 4 is 52.5 Å². The molecule has 25 heavy (non-hydrogen) atoms. The first-order chi connectivity index (χ1) is 11.7. The fraction of sp³-hybridized carbons (Fsp3) is 0.588. The van der Waals surface area contributed by atoms with Crippen LogP contribution in [0.3, 0.4) is 0 Å². The van der Waals surface area contributed by atoms with E-state index in [0.29, 0.717) is 5.96 Å². The van der Waals surface area contributed by atoms with Gasteiger partial charge < -0.3 is 25.2 Å². The third-order valence-corrected chi connectivity index (χ3v) is 4.30. The first kappa shape index (κ1) is 22.7. The number of aliphatic hydroxyl groups is 1. The van der Waals surface area contributed by atoms with Crippen LogP contribution in [-0.2, 0) is 4.74 Å². The Bertz CT molecular complexity index is 508. The van der Waals surface area contributed by atoms with Crippen LogP contribution in [0.1, 0.15) is 19.8 Å². The minimum Gasteiger partial charge on any atom is -0.491 e. The van der Waals surface area contributed by atoms with Crippen LogP contribution in [0.15, 0.2) is 29.3 Å². The molecule has 0 saturated carbocycles. The van der Waals surface area contributed by atoms with E-state index < -0.39 is 6.10 Å². The van der Waals surface area contributed by atoms with E-state index in [1.807, 2.05) is 31.2 Å². The molecule has 1 heterocycles. The summed E-state index contributed by atoms with van der Waals surface area (Å²) in [5.74, 6) is 1.45. The van der Waals surface area contributed by atoms with E-state index >= 15 is 0 Å². The Labute approximate surface area is 180 Å². The third-order valence-electron chi connectivity index (χ3n) is 3.58. The Balaban J connectivity index is 0.00000312. The smallest absolute Gasteiger partial charge is 0.191 e. The number of benzene rings is 1. The first-order valence-corrected chi connectivity index (χ1v) is 9.45. The molecule has 1 aliphatic rings. The third kappa shape index (κ3) is 9.25. The largest absolute Gasteiger partial charge is 0.491 e. The van der Waals surface area contributed by atoms with E-state index in [4.69, 9.17) is 9.47 Å². The Hall–Kier alpha value is -0.330. The van der Waals surface area contributed by atoms with E-state index in [9.17, 15) is 5.11 Å². The lowest BCUT2D eigenvalue weighted by atomic mass is 10.2. The minimum atomic E-state index is -0.650. The number of nitrogens with zero attached hydrogens (tertiary/aromatic N) is 1. The second-order valence-electron chi connectivity index (χ2n) is 5.65. The highest BCUT2D eigenvalue weighted by Gasteiger charge is 2.15. The van der Waals surface area contributed by atoms with Crippen LogP contribution in [0.4, 0.5) is 0 Å². The van der Waals surface area contributed by atoms with Crippen LogP contribution in [0.25, 0.3) is 0 Å². The van der Waals surface area contributed by atoms with E-state index in [2.05, 4.69) is 38.2 Å². The molecule has 2 unspecified atom stereocenters. The molecule has 0 aliphatic carbocycles. The molecule has 142 valence electrons. The number of nitrogens with one attached hydrogen (secondary N) is 2. The second-order valence-corrected chi connectivity index (χ2v) is 6.90. The van der Waals surface area contributed by atoms with Gasteiger partial charge in [-0.2, -0.15) is 0 Å². The molecule has 1 aromatic rings. The van der Waals surface area contributed by atoms with Gasteiger partial charge in [0.2, 0.25) is 0 Å². The molecule has 3 N–H and O–H groups in total. The fourth-order valence-corrected chi connectivity index (χ4v) is 2.69. The molecule has 6 nitrogen and oxygen atoms in total. The molecule has 0 radical (unpaired) electrons. The molecular weight excluding hydrogens is 548 g/mol. The number of rotatable bonds is 8. The number of guanidine groups is 1. The molecule has 1 aromatic carbocycles. The van der Waals surface area contributed by atoms with Gasteiger partial charge in [0.05, 0.1) is 12.6 Å². The Morgan fingerprint density at radius 2 is 2.16 bits per heavy atom. The SMILES string of the molecule is CCNC(=NCC(O)COc1ccc(I)cc1)NCC1CCCO1.I. The van der Waals surface area contributed by atoms with Crippen molar-refractivity contribution in [2.75, 3.05) is 32.8 Å². The zero-order valence-electron chi connectivity index (χ0n) is 14.4. The predicted molar refractivity (Wildman–Crippen MR) is 119 cm³/mol. The van der Waals surface area contributed by atoms with Gasteiger partial charge in [-0.15, -0.1) is 24.0 Å². The van der Waals surface area contributed by atoms with E-state index in [1.165, 1.54) is 0 Å². The maximum Gasteiger partial charge on any atom is 0.191 e. The number of hydrogen-bond acceptors (Lipinski definition) is 4. The van der Waals surface area contributed by atoms with E-state index in [1.54, 1.807) is 0 Å². The first-order valence-electron chi connectivity index (χ1n) is 8.37. The van der Waals surface area contributed by atoms with Gasteiger partial charge in [0.1, 0.15) is 18.5 Å². The lowest BCUT2D eigenvalue weighted by Crippen LogP contribution is -2.41. The highest BCUT2D eigenvalue weighted by molar-refractivity contribution is 14.1. The van der Waals surface area contributed by atoms with Crippen molar-refractivity contribution in [3.8, 4) is 5.75 Å². The summed E-state index contributed by atoms with van der Waals surface area (Å²) in [4.78, 5) is 4.41. The zero-order chi connectivity index (χ0) is 17.2. The Morgan fingerprint density at radius 3 is 2.80 bits per heavy atom. The Morgan fingerprint density at radius 1 is 1.40 bits per heavy atom. The van der Waals surface area contributed by atoms with Gasteiger partial charge in [-0.25, -0.2) is 0 Å². The average Bonchev–Trinajstić information content (AvgIpc) is 3.10. The van der Waals surface area contributed by atoms with Crippen LogP contribution in [0.2, 0.25) is 0 Å². The van der Waals surface area contributed by atoms with Gasteiger partial charge >= 0.3 is 0 Å². The maximum atomic E-state index is 10.0. The topological polar surface area (TPSA) is 75.1 Å². The van der Waals surface area contributed by atoms with Crippen molar-refractivity contribution in [3.63, 3.8) is 0 Å². The van der Waals surface area contributed by atoms with Gasteiger partial charge in [-0.1, -0.05) is 0 Å². The molecule has 1 aliphatic heterocycles. The molecular formula is C17H27I2N3O3.